The minimum absolute atomic E-state index is 0.0712. The monoisotopic (exact) mass is 383 g/mol. The van der Waals surface area contributed by atoms with Gasteiger partial charge in [-0.1, -0.05) is 29.8 Å². The third-order valence-corrected chi connectivity index (χ3v) is 6.62. The van der Waals surface area contributed by atoms with Crippen LogP contribution in [0.2, 0.25) is 0 Å². The number of benzene rings is 1. The van der Waals surface area contributed by atoms with Gasteiger partial charge in [0.05, 0.1) is 11.2 Å². The van der Waals surface area contributed by atoms with E-state index >= 15 is 0 Å². The predicted molar refractivity (Wildman–Crippen MR) is 108 cm³/mol. The van der Waals surface area contributed by atoms with Crippen molar-refractivity contribution in [2.75, 3.05) is 25.4 Å². The highest BCUT2D eigenvalue weighted by Crippen LogP contribution is 2.23. The van der Waals surface area contributed by atoms with Crippen molar-refractivity contribution in [2.24, 2.45) is 5.92 Å². The first-order valence-electron chi connectivity index (χ1n) is 9.66. The smallest absolute Gasteiger partial charge is 0.273 e. The minimum Gasteiger partial charge on any atom is -0.303 e. The van der Waals surface area contributed by atoms with E-state index in [0.717, 1.165) is 55.4 Å². The van der Waals surface area contributed by atoms with Gasteiger partial charge in [-0.2, -0.15) is 0 Å². The van der Waals surface area contributed by atoms with E-state index in [1.807, 2.05) is 42.0 Å². The van der Waals surface area contributed by atoms with Gasteiger partial charge in [0, 0.05) is 36.7 Å². The third kappa shape index (κ3) is 4.01. The van der Waals surface area contributed by atoms with Gasteiger partial charge in [-0.3, -0.25) is 19.1 Å². The number of fused-ring (bicyclic) bond motifs is 1. The van der Waals surface area contributed by atoms with Crippen molar-refractivity contribution in [3.63, 3.8) is 0 Å². The second-order valence-corrected chi connectivity index (χ2v) is 8.56. The Kier molecular flexibility index (Phi) is 5.45. The van der Waals surface area contributed by atoms with E-state index in [9.17, 15) is 9.59 Å². The van der Waals surface area contributed by atoms with Crippen LogP contribution in [-0.4, -0.2) is 45.6 Å². The van der Waals surface area contributed by atoms with Crippen molar-refractivity contribution >= 4 is 17.5 Å². The average Bonchev–Trinajstić information content (AvgIpc) is 3.18. The van der Waals surface area contributed by atoms with E-state index in [4.69, 9.17) is 0 Å². The number of nitrogens with zero attached hydrogens (tertiary/aromatic N) is 3. The number of piperidine rings is 1. The molecule has 6 heteroatoms. The molecule has 142 valence electrons. The summed E-state index contributed by atoms with van der Waals surface area (Å²) in [5.41, 5.74) is 2.74. The topological polar surface area (TPSA) is 55.2 Å². The van der Waals surface area contributed by atoms with Gasteiger partial charge < -0.3 is 4.90 Å². The number of carbonyl (C=O) groups excluding carboxylic acids is 1. The highest BCUT2D eigenvalue weighted by molar-refractivity contribution is 7.99. The summed E-state index contributed by atoms with van der Waals surface area (Å²) >= 11 is 1.70. The van der Waals surface area contributed by atoms with E-state index < -0.39 is 0 Å². The van der Waals surface area contributed by atoms with Crippen molar-refractivity contribution < 1.29 is 4.79 Å². The molecule has 2 aliphatic heterocycles. The summed E-state index contributed by atoms with van der Waals surface area (Å²) in [7, 11) is 0. The number of Topliss-reactive ketones (excluding diaryl/α,β-unsaturated/α-hetero) is 1. The quantitative estimate of drug-likeness (QED) is 0.743. The number of likely N-dealkylation sites (tertiary alicyclic amines) is 1. The van der Waals surface area contributed by atoms with Crippen LogP contribution in [0.4, 0.5) is 0 Å². The number of aryl methyl sites for hydroxylation is 1. The molecule has 27 heavy (non-hydrogen) atoms. The number of hydrogen-bond donors (Lipinski definition) is 0. The molecule has 0 amide bonds. The first-order valence-corrected chi connectivity index (χ1v) is 10.6. The van der Waals surface area contributed by atoms with Crippen LogP contribution in [0.3, 0.4) is 0 Å². The molecule has 2 aliphatic rings. The SMILES string of the molecule is Cc1ccc(C(=O)C2CCN(CCc3ncc4n(c3=O)CCS4)CC2)cc1. The van der Waals surface area contributed by atoms with Crippen LogP contribution in [0.15, 0.2) is 40.3 Å². The Hall–Kier alpha value is -1.92. The van der Waals surface area contributed by atoms with Crippen molar-refractivity contribution in [3.05, 3.63) is 57.6 Å². The molecule has 4 rings (SSSR count). The number of carbonyl (C=O) groups is 1. The zero-order chi connectivity index (χ0) is 18.8. The molecule has 0 aliphatic carbocycles. The molecule has 0 unspecified atom stereocenters. The average molecular weight is 384 g/mol. The zero-order valence-electron chi connectivity index (χ0n) is 15.7. The molecule has 2 aromatic rings. The predicted octanol–water partition coefficient (Wildman–Crippen LogP) is 2.79. The Morgan fingerprint density at radius 1 is 1.19 bits per heavy atom. The van der Waals surface area contributed by atoms with Crippen LogP contribution in [0.1, 0.15) is 34.5 Å². The maximum atomic E-state index is 12.7. The largest absolute Gasteiger partial charge is 0.303 e. The second-order valence-electron chi connectivity index (χ2n) is 7.44. The van der Waals surface area contributed by atoms with Crippen molar-refractivity contribution in [1.29, 1.82) is 0 Å². The number of thioether (sulfide) groups is 1. The van der Waals surface area contributed by atoms with Crippen LogP contribution in [0.25, 0.3) is 0 Å². The second kappa shape index (κ2) is 7.98. The standard InChI is InChI=1S/C21H25N3O2S/c1-15-2-4-16(5-3-15)20(25)17-6-9-23(10-7-17)11-8-18-21(26)24-12-13-27-19(24)14-22-18/h2-5,14,17H,6-13H2,1H3. The zero-order valence-corrected chi connectivity index (χ0v) is 16.5. The number of hydrogen-bond acceptors (Lipinski definition) is 5. The number of aromatic nitrogens is 2. The highest BCUT2D eigenvalue weighted by atomic mass is 32.2. The molecule has 5 nitrogen and oxygen atoms in total. The van der Waals surface area contributed by atoms with Gasteiger partial charge in [-0.25, -0.2) is 0 Å². The van der Waals surface area contributed by atoms with Gasteiger partial charge in [-0.15, -0.1) is 11.8 Å². The molecule has 1 saturated heterocycles. The Balaban J connectivity index is 1.30. The van der Waals surface area contributed by atoms with Crippen LogP contribution in [-0.2, 0) is 13.0 Å². The number of ketones is 1. The van der Waals surface area contributed by atoms with Crippen LogP contribution in [0, 0.1) is 12.8 Å². The fourth-order valence-electron chi connectivity index (χ4n) is 3.89. The van der Waals surface area contributed by atoms with Gasteiger partial charge in [0.25, 0.3) is 5.56 Å². The Morgan fingerprint density at radius 2 is 1.93 bits per heavy atom. The van der Waals surface area contributed by atoms with Gasteiger partial charge in [0.2, 0.25) is 0 Å². The molecule has 0 saturated carbocycles. The van der Waals surface area contributed by atoms with Crippen molar-refractivity contribution in [1.82, 2.24) is 14.5 Å². The maximum Gasteiger partial charge on any atom is 0.273 e. The third-order valence-electron chi connectivity index (χ3n) is 5.61. The van der Waals surface area contributed by atoms with Gasteiger partial charge in [0.1, 0.15) is 5.69 Å². The molecule has 1 aromatic heterocycles. The van der Waals surface area contributed by atoms with Crippen LogP contribution >= 0.6 is 11.8 Å². The van der Waals surface area contributed by atoms with E-state index in [2.05, 4.69) is 9.88 Å². The van der Waals surface area contributed by atoms with Crippen LogP contribution < -0.4 is 5.56 Å². The summed E-state index contributed by atoms with van der Waals surface area (Å²) in [5, 5.41) is 0.985. The Bertz CT molecular complexity index is 883. The molecule has 1 aromatic carbocycles. The lowest BCUT2D eigenvalue weighted by atomic mass is 9.88. The summed E-state index contributed by atoms with van der Waals surface area (Å²) in [4.78, 5) is 31.9. The van der Waals surface area contributed by atoms with Gasteiger partial charge in [-0.05, 0) is 32.9 Å². The normalized spacial score (nSPS) is 17.8. The number of rotatable bonds is 5. The summed E-state index contributed by atoms with van der Waals surface area (Å²) in [6, 6.07) is 7.89. The summed E-state index contributed by atoms with van der Waals surface area (Å²) in [6.07, 6.45) is 4.29. The van der Waals surface area contributed by atoms with Gasteiger partial charge in [0.15, 0.2) is 5.78 Å². The summed E-state index contributed by atoms with van der Waals surface area (Å²) in [5.74, 6) is 1.35. The van der Waals surface area contributed by atoms with E-state index in [0.29, 0.717) is 12.1 Å². The van der Waals surface area contributed by atoms with E-state index in [1.54, 1.807) is 11.8 Å². The molecule has 0 N–H and O–H groups in total. The molecular weight excluding hydrogens is 358 g/mol. The lowest BCUT2D eigenvalue weighted by molar-refractivity contribution is 0.0841. The lowest BCUT2D eigenvalue weighted by Crippen LogP contribution is -2.38. The minimum atomic E-state index is 0.0712. The van der Waals surface area contributed by atoms with Crippen LogP contribution in [0.5, 0.6) is 0 Å². The maximum absolute atomic E-state index is 12.7. The molecule has 0 radical (unpaired) electrons. The molecule has 3 heterocycles. The molecular formula is C21H25N3O2S. The fraction of sp³-hybridized carbons (Fsp3) is 0.476. The lowest BCUT2D eigenvalue weighted by Gasteiger charge is -2.31. The molecule has 0 bridgehead atoms. The Morgan fingerprint density at radius 3 is 2.67 bits per heavy atom. The Labute approximate surface area is 163 Å². The molecule has 0 spiro atoms. The van der Waals surface area contributed by atoms with Crippen molar-refractivity contribution in [2.45, 2.75) is 37.8 Å². The van der Waals surface area contributed by atoms with Crippen molar-refractivity contribution in [3.8, 4) is 0 Å². The van der Waals surface area contributed by atoms with Gasteiger partial charge >= 0.3 is 0 Å². The van der Waals surface area contributed by atoms with E-state index in [-0.39, 0.29) is 17.3 Å². The molecule has 0 atom stereocenters. The first kappa shape index (κ1) is 18.4. The first-order chi connectivity index (χ1) is 13.1. The summed E-state index contributed by atoms with van der Waals surface area (Å²) in [6.45, 7) is 5.48. The van der Waals surface area contributed by atoms with E-state index in [1.165, 1.54) is 5.56 Å². The fourth-order valence-corrected chi connectivity index (χ4v) is 4.83. The highest BCUT2D eigenvalue weighted by Gasteiger charge is 2.26. The molecule has 1 fully saturated rings. The summed E-state index contributed by atoms with van der Waals surface area (Å²) < 4.78 is 1.85.